The van der Waals surface area contributed by atoms with Crippen LogP contribution in [0.15, 0.2) is 53.9 Å². The molecular formula is C24H20ClF2N7O3S. The van der Waals surface area contributed by atoms with Gasteiger partial charge >= 0.3 is 0 Å². The quantitative estimate of drug-likeness (QED) is 0.286. The summed E-state index contributed by atoms with van der Waals surface area (Å²) >= 11 is 5.89. The lowest BCUT2D eigenvalue weighted by atomic mass is 10.0. The van der Waals surface area contributed by atoms with Crippen molar-refractivity contribution in [2.75, 3.05) is 11.8 Å². The van der Waals surface area contributed by atoms with Gasteiger partial charge in [0.1, 0.15) is 23.7 Å². The van der Waals surface area contributed by atoms with Crippen molar-refractivity contribution < 1.29 is 21.9 Å². The molecule has 0 amide bonds. The lowest BCUT2D eigenvalue weighted by Crippen LogP contribution is -2.16. The highest BCUT2D eigenvalue weighted by Gasteiger charge is 2.25. The Morgan fingerprint density at radius 3 is 2.63 bits per heavy atom. The molecule has 0 saturated carbocycles. The maximum absolute atomic E-state index is 15.6. The number of sulfonamides is 1. The van der Waals surface area contributed by atoms with Crippen LogP contribution in [0.3, 0.4) is 0 Å². The van der Waals surface area contributed by atoms with Crippen molar-refractivity contribution in [3.8, 4) is 28.5 Å². The van der Waals surface area contributed by atoms with Crippen LogP contribution in [0.5, 0.6) is 5.88 Å². The smallest absolute Gasteiger partial charge is 0.267 e. The third-order valence-electron chi connectivity index (χ3n) is 5.70. The monoisotopic (exact) mass is 559 g/mol. The average molecular weight is 560 g/mol. The van der Waals surface area contributed by atoms with E-state index >= 15 is 4.39 Å². The normalized spacial score (nSPS) is 11.9. The fourth-order valence-corrected chi connectivity index (χ4v) is 5.25. The maximum atomic E-state index is 15.6. The fraction of sp³-hybridized carbons (Fsp3) is 0.167. The Labute approximate surface area is 220 Å². The van der Waals surface area contributed by atoms with E-state index in [9.17, 15) is 12.8 Å². The summed E-state index contributed by atoms with van der Waals surface area (Å²) in [4.78, 5) is 10.9. The zero-order chi connectivity index (χ0) is 27.2. The number of nitrogens with zero attached hydrogens (tertiary/aromatic N) is 5. The Kier molecular flexibility index (Phi) is 6.49. The highest BCUT2D eigenvalue weighted by atomic mass is 35.5. The van der Waals surface area contributed by atoms with E-state index in [0.717, 1.165) is 18.2 Å². The first kappa shape index (κ1) is 25.5. The molecule has 10 nitrogen and oxygen atoms in total. The average Bonchev–Trinajstić information content (AvgIpc) is 3.53. The van der Waals surface area contributed by atoms with E-state index in [0.29, 0.717) is 22.9 Å². The molecule has 0 saturated heterocycles. The van der Waals surface area contributed by atoms with E-state index in [4.69, 9.17) is 16.3 Å². The van der Waals surface area contributed by atoms with Gasteiger partial charge in [-0.3, -0.25) is 4.72 Å². The van der Waals surface area contributed by atoms with E-state index in [1.165, 1.54) is 31.9 Å². The third kappa shape index (κ3) is 4.54. The number of methoxy groups -OCH3 is 1. The van der Waals surface area contributed by atoms with Crippen molar-refractivity contribution in [3.05, 3.63) is 71.5 Å². The minimum Gasteiger partial charge on any atom is -0.480 e. The first-order valence-electron chi connectivity index (χ1n) is 11.2. The van der Waals surface area contributed by atoms with Gasteiger partial charge in [0.2, 0.25) is 5.88 Å². The summed E-state index contributed by atoms with van der Waals surface area (Å²) in [7, 11) is -3.16. The van der Waals surface area contributed by atoms with Crippen molar-refractivity contribution in [3.63, 3.8) is 0 Å². The van der Waals surface area contributed by atoms with Crippen molar-refractivity contribution >= 4 is 32.8 Å². The second-order valence-corrected chi connectivity index (χ2v) is 10.7. The number of hydrogen-bond donors (Lipinski definition) is 2. The van der Waals surface area contributed by atoms with Gasteiger partial charge in [-0.15, -0.1) is 10.2 Å². The molecule has 4 heterocycles. The molecule has 0 aliphatic carbocycles. The largest absolute Gasteiger partial charge is 0.480 e. The Morgan fingerprint density at radius 2 is 1.92 bits per heavy atom. The molecule has 0 bridgehead atoms. The SMILES string of the molecule is COc1ncc(Cl)cc1S(=O)(=O)Nc1ccc(F)c(-c2ccc3c(-c4nnc(C(C)C)[nH]4)ncn3c2)c1F. The van der Waals surface area contributed by atoms with E-state index in [1.807, 2.05) is 13.8 Å². The maximum Gasteiger partial charge on any atom is 0.267 e. The number of nitrogens with one attached hydrogen (secondary N) is 2. The Balaban J connectivity index is 1.53. The van der Waals surface area contributed by atoms with Gasteiger partial charge in [-0.1, -0.05) is 31.5 Å². The molecule has 0 fully saturated rings. The summed E-state index contributed by atoms with van der Waals surface area (Å²) < 4.78 is 65.2. The number of fused-ring (bicyclic) bond motifs is 1. The number of hydrogen-bond acceptors (Lipinski definition) is 7. The summed E-state index contributed by atoms with van der Waals surface area (Å²) in [5.41, 5.74) is 0.388. The Bertz CT molecular complexity index is 1790. The van der Waals surface area contributed by atoms with E-state index in [-0.39, 0.29) is 22.4 Å². The molecule has 0 atom stereocenters. The zero-order valence-electron chi connectivity index (χ0n) is 20.2. The third-order valence-corrected chi connectivity index (χ3v) is 7.27. The molecule has 14 heteroatoms. The van der Waals surface area contributed by atoms with Crippen LogP contribution in [0, 0.1) is 11.6 Å². The summed E-state index contributed by atoms with van der Waals surface area (Å²) in [5.74, 6) is -0.930. The van der Waals surface area contributed by atoms with Gasteiger partial charge in [0, 0.05) is 23.9 Å². The molecule has 2 N–H and O–H groups in total. The Hall–Kier alpha value is -4.10. The molecule has 5 rings (SSSR count). The minimum absolute atomic E-state index is 0.0326. The molecule has 0 aliphatic rings. The number of rotatable bonds is 7. The number of halogens is 3. The lowest BCUT2D eigenvalue weighted by molar-refractivity contribution is 0.385. The van der Waals surface area contributed by atoms with Crippen LogP contribution in [0.4, 0.5) is 14.5 Å². The van der Waals surface area contributed by atoms with Gasteiger partial charge in [0.25, 0.3) is 10.0 Å². The van der Waals surface area contributed by atoms with Gasteiger partial charge < -0.3 is 14.1 Å². The number of pyridine rings is 2. The van der Waals surface area contributed by atoms with Gasteiger partial charge in [-0.05, 0) is 24.3 Å². The highest BCUT2D eigenvalue weighted by molar-refractivity contribution is 7.92. The van der Waals surface area contributed by atoms with Gasteiger partial charge in [-0.25, -0.2) is 27.2 Å². The first-order valence-corrected chi connectivity index (χ1v) is 13.1. The van der Waals surface area contributed by atoms with Crippen molar-refractivity contribution in [1.29, 1.82) is 0 Å². The van der Waals surface area contributed by atoms with Crippen LogP contribution < -0.4 is 9.46 Å². The molecule has 1 aromatic carbocycles. The standard InChI is InChI=1S/C24H20ClF2N7O3S/c1-12(2)22-30-23(32-31-22)21-17-7-4-13(10-34(17)11-29-21)19-15(26)5-6-16(20(19)27)33-38(35,36)18-8-14(25)9-28-24(18)37-3/h4-12,33H,1-3H3,(H,30,31,32). The lowest BCUT2D eigenvalue weighted by Gasteiger charge is -2.14. The molecular weight excluding hydrogens is 540 g/mol. The van der Waals surface area contributed by atoms with Gasteiger partial charge in [0.15, 0.2) is 16.5 Å². The first-order chi connectivity index (χ1) is 18.1. The molecule has 0 radical (unpaired) electrons. The van der Waals surface area contributed by atoms with Crippen LogP contribution in [0.2, 0.25) is 5.02 Å². The van der Waals surface area contributed by atoms with Crippen LogP contribution in [0.1, 0.15) is 25.6 Å². The molecule has 196 valence electrons. The van der Waals surface area contributed by atoms with Crippen LogP contribution in [-0.4, -0.2) is 45.1 Å². The van der Waals surface area contributed by atoms with Crippen LogP contribution in [-0.2, 0) is 10.0 Å². The number of anilines is 1. The van der Waals surface area contributed by atoms with Crippen molar-refractivity contribution in [2.24, 2.45) is 0 Å². The topological polar surface area (TPSA) is 127 Å². The minimum atomic E-state index is -4.40. The summed E-state index contributed by atoms with van der Waals surface area (Å²) in [5, 5.41) is 8.29. The number of aromatic nitrogens is 6. The second kappa shape index (κ2) is 9.65. The molecule has 0 unspecified atom stereocenters. The summed E-state index contributed by atoms with van der Waals surface area (Å²) in [6, 6.07) is 6.20. The number of imidazole rings is 1. The van der Waals surface area contributed by atoms with Gasteiger partial charge in [-0.2, -0.15) is 0 Å². The van der Waals surface area contributed by atoms with E-state index in [1.54, 1.807) is 10.5 Å². The second-order valence-electron chi connectivity index (χ2n) is 8.57. The number of aromatic amines is 1. The van der Waals surface area contributed by atoms with Gasteiger partial charge in [0.05, 0.1) is 28.9 Å². The molecule has 4 aromatic heterocycles. The zero-order valence-corrected chi connectivity index (χ0v) is 21.8. The number of ether oxygens (including phenoxy) is 1. The van der Waals surface area contributed by atoms with Crippen molar-refractivity contribution in [1.82, 2.24) is 29.5 Å². The van der Waals surface area contributed by atoms with E-state index in [2.05, 4.69) is 29.9 Å². The predicted octanol–water partition coefficient (Wildman–Crippen LogP) is 5.05. The summed E-state index contributed by atoms with van der Waals surface area (Å²) in [6.07, 6.45) is 4.17. The predicted molar refractivity (Wildman–Crippen MR) is 137 cm³/mol. The van der Waals surface area contributed by atoms with Crippen LogP contribution in [0.25, 0.3) is 28.2 Å². The van der Waals surface area contributed by atoms with Crippen molar-refractivity contribution in [2.45, 2.75) is 24.7 Å². The Morgan fingerprint density at radius 1 is 1.13 bits per heavy atom. The van der Waals surface area contributed by atoms with E-state index < -0.39 is 37.8 Å². The molecule has 5 aromatic rings. The fourth-order valence-electron chi connectivity index (χ4n) is 3.82. The molecule has 0 aliphatic heterocycles. The number of benzene rings is 1. The molecule has 38 heavy (non-hydrogen) atoms. The molecule has 0 spiro atoms. The van der Waals surface area contributed by atoms with Crippen LogP contribution >= 0.6 is 11.6 Å². The number of H-pyrrole nitrogens is 1. The summed E-state index contributed by atoms with van der Waals surface area (Å²) in [6.45, 7) is 3.95. The highest BCUT2D eigenvalue weighted by Crippen LogP contribution is 2.34.